The minimum Gasteiger partial charge on any atom is -0.489 e. The van der Waals surface area contributed by atoms with Crippen molar-refractivity contribution in [3.05, 3.63) is 65.1 Å². The molecule has 4 heteroatoms. The Labute approximate surface area is 134 Å². The van der Waals surface area contributed by atoms with E-state index in [9.17, 15) is 4.39 Å². The Hall–Kier alpha value is -2.00. The Bertz CT molecular complexity index is 793. The highest BCUT2D eigenvalue weighted by Gasteiger charge is 2.12. The topological polar surface area (TPSA) is 14.2 Å². The smallest absolute Gasteiger partial charge is 0.125 e. The second kappa shape index (κ2) is 6.01. The van der Waals surface area contributed by atoms with E-state index in [1.54, 1.807) is 18.2 Å². The molecule has 0 atom stereocenters. The molecule has 0 amide bonds. The van der Waals surface area contributed by atoms with E-state index in [1.807, 2.05) is 24.4 Å². The fourth-order valence-electron chi connectivity index (χ4n) is 2.53. The molecule has 0 aliphatic carbocycles. The third-order valence-corrected chi connectivity index (χ3v) is 3.90. The van der Waals surface area contributed by atoms with Crippen molar-refractivity contribution in [1.29, 1.82) is 0 Å². The Morgan fingerprint density at radius 3 is 2.55 bits per heavy atom. The average molecular weight is 318 g/mol. The summed E-state index contributed by atoms with van der Waals surface area (Å²) in [6, 6.07) is 12.4. The van der Waals surface area contributed by atoms with Gasteiger partial charge in [0.2, 0.25) is 0 Å². The summed E-state index contributed by atoms with van der Waals surface area (Å²) in [5.41, 5.74) is 1.93. The molecule has 0 N–H and O–H groups in total. The van der Waals surface area contributed by atoms with Gasteiger partial charge in [-0.3, -0.25) is 0 Å². The van der Waals surface area contributed by atoms with Crippen molar-refractivity contribution >= 4 is 22.5 Å². The number of rotatable bonds is 4. The van der Waals surface area contributed by atoms with Gasteiger partial charge in [0.25, 0.3) is 0 Å². The first-order valence-electron chi connectivity index (χ1n) is 7.22. The molecule has 2 aromatic carbocycles. The Morgan fingerprint density at radius 2 is 1.86 bits per heavy atom. The molecule has 0 radical (unpaired) electrons. The summed E-state index contributed by atoms with van der Waals surface area (Å²) in [5.74, 6) is 0.537. The zero-order valence-electron chi connectivity index (χ0n) is 12.5. The summed E-state index contributed by atoms with van der Waals surface area (Å²) >= 11 is 5.87. The Kier molecular flexibility index (Phi) is 4.08. The summed E-state index contributed by atoms with van der Waals surface area (Å²) in [5, 5.41) is 1.70. The lowest BCUT2D eigenvalue weighted by Gasteiger charge is -2.08. The van der Waals surface area contributed by atoms with Gasteiger partial charge >= 0.3 is 0 Å². The zero-order chi connectivity index (χ0) is 15.7. The molecule has 114 valence electrons. The average Bonchev–Trinajstić information content (AvgIpc) is 2.85. The second-order valence-electron chi connectivity index (χ2n) is 5.56. The van der Waals surface area contributed by atoms with Crippen LogP contribution in [0.25, 0.3) is 10.9 Å². The molecule has 0 bridgehead atoms. The fraction of sp³-hybridized carbons (Fsp3) is 0.222. The van der Waals surface area contributed by atoms with Gasteiger partial charge in [-0.15, -0.1) is 0 Å². The van der Waals surface area contributed by atoms with Gasteiger partial charge in [0.1, 0.15) is 18.2 Å². The van der Waals surface area contributed by atoms with Gasteiger partial charge < -0.3 is 9.30 Å². The second-order valence-corrected chi connectivity index (χ2v) is 6.00. The summed E-state index contributed by atoms with van der Waals surface area (Å²) < 4.78 is 21.4. The van der Waals surface area contributed by atoms with Crippen LogP contribution >= 0.6 is 11.6 Å². The molecule has 0 fully saturated rings. The van der Waals surface area contributed by atoms with Gasteiger partial charge in [-0.2, -0.15) is 0 Å². The van der Waals surface area contributed by atoms with E-state index in [0.717, 1.165) is 22.2 Å². The molecule has 0 saturated carbocycles. The number of benzene rings is 2. The highest BCUT2D eigenvalue weighted by atomic mass is 35.5. The maximum Gasteiger partial charge on any atom is 0.125 e. The predicted octanol–water partition coefficient (Wildman–Crippen LogP) is 5.59. The number of nitrogens with zero attached hydrogens (tertiary/aromatic N) is 1. The summed E-state index contributed by atoms with van der Waals surface area (Å²) in [7, 11) is 0. The first kappa shape index (κ1) is 14.9. The number of halogens is 2. The van der Waals surface area contributed by atoms with Crippen LogP contribution in [0.1, 0.15) is 25.5 Å². The molecule has 3 aromatic rings. The quantitative estimate of drug-likeness (QED) is 0.611. The zero-order valence-corrected chi connectivity index (χ0v) is 13.3. The standard InChI is InChI=1S/C18H17ClFNO/c1-12(2)21-10-13(17-8-5-15(20)9-18(17)21)11-22-16-6-3-14(19)4-7-16/h3-10,12H,11H2,1-2H3. The van der Waals surface area contributed by atoms with Gasteiger partial charge in [0.05, 0.1) is 5.52 Å². The summed E-state index contributed by atoms with van der Waals surface area (Å²) in [6.45, 7) is 4.59. The summed E-state index contributed by atoms with van der Waals surface area (Å²) in [4.78, 5) is 0. The maximum atomic E-state index is 13.5. The Morgan fingerprint density at radius 1 is 1.14 bits per heavy atom. The molecule has 0 unspecified atom stereocenters. The number of hydrogen-bond acceptors (Lipinski definition) is 1. The van der Waals surface area contributed by atoms with Crippen molar-refractivity contribution in [3.8, 4) is 5.75 Å². The molecule has 3 rings (SSSR count). The van der Waals surface area contributed by atoms with Crippen LogP contribution in [0, 0.1) is 5.82 Å². The van der Waals surface area contributed by atoms with Crippen molar-refractivity contribution in [2.45, 2.75) is 26.5 Å². The highest BCUT2D eigenvalue weighted by molar-refractivity contribution is 6.30. The van der Waals surface area contributed by atoms with Crippen LogP contribution in [0.5, 0.6) is 5.75 Å². The molecule has 22 heavy (non-hydrogen) atoms. The van der Waals surface area contributed by atoms with E-state index in [-0.39, 0.29) is 11.9 Å². The van der Waals surface area contributed by atoms with Crippen LogP contribution in [-0.2, 0) is 6.61 Å². The minimum absolute atomic E-state index is 0.224. The van der Waals surface area contributed by atoms with Crippen molar-refractivity contribution in [2.24, 2.45) is 0 Å². The van der Waals surface area contributed by atoms with E-state index in [1.165, 1.54) is 6.07 Å². The lowest BCUT2D eigenvalue weighted by Crippen LogP contribution is -1.98. The first-order valence-corrected chi connectivity index (χ1v) is 7.60. The number of aromatic nitrogens is 1. The molecule has 2 nitrogen and oxygen atoms in total. The van der Waals surface area contributed by atoms with Gasteiger partial charge in [0.15, 0.2) is 0 Å². The molecule has 1 aromatic heterocycles. The molecule has 0 spiro atoms. The van der Waals surface area contributed by atoms with Crippen LogP contribution in [-0.4, -0.2) is 4.57 Å². The number of hydrogen-bond donors (Lipinski definition) is 0. The minimum atomic E-state index is -0.224. The normalized spacial score (nSPS) is 11.3. The summed E-state index contributed by atoms with van der Waals surface area (Å²) in [6.07, 6.45) is 2.03. The largest absolute Gasteiger partial charge is 0.489 e. The van der Waals surface area contributed by atoms with Gasteiger partial charge in [-0.25, -0.2) is 4.39 Å². The third-order valence-electron chi connectivity index (χ3n) is 3.64. The van der Waals surface area contributed by atoms with Crippen molar-refractivity contribution in [1.82, 2.24) is 4.57 Å². The van der Waals surface area contributed by atoms with Crippen LogP contribution in [0.3, 0.4) is 0 Å². The molecular weight excluding hydrogens is 301 g/mol. The molecule has 1 heterocycles. The molecule has 0 aliphatic heterocycles. The molecule has 0 aliphatic rings. The van der Waals surface area contributed by atoms with Crippen molar-refractivity contribution in [3.63, 3.8) is 0 Å². The third kappa shape index (κ3) is 2.95. The lowest BCUT2D eigenvalue weighted by atomic mass is 10.2. The fourth-order valence-corrected chi connectivity index (χ4v) is 2.66. The first-order chi connectivity index (χ1) is 10.5. The lowest BCUT2D eigenvalue weighted by molar-refractivity contribution is 0.307. The number of ether oxygens (including phenoxy) is 1. The van der Waals surface area contributed by atoms with Crippen LogP contribution in [0.4, 0.5) is 4.39 Å². The van der Waals surface area contributed by atoms with Gasteiger partial charge in [-0.05, 0) is 56.3 Å². The van der Waals surface area contributed by atoms with E-state index < -0.39 is 0 Å². The van der Waals surface area contributed by atoms with Gasteiger partial charge in [0, 0.05) is 28.2 Å². The van der Waals surface area contributed by atoms with Crippen LogP contribution in [0.15, 0.2) is 48.7 Å². The van der Waals surface area contributed by atoms with Crippen molar-refractivity contribution < 1.29 is 9.13 Å². The van der Waals surface area contributed by atoms with E-state index in [0.29, 0.717) is 11.6 Å². The van der Waals surface area contributed by atoms with E-state index in [2.05, 4.69) is 18.4 Å². The highest BCUT2D eigenvalue weighted by Crippen LogP contribution is 2.27. The Balaban J connectivity index is 1.91. The predicted molar refractivity (Wildman–Crippen MR) is 88.1 cm³/mol. The molecule has 0 saturated heterocycles. The number of fused-ring (bicyclic) bond motifs is 1. The van der Waals surface area contributed by atoms with Gasteiger partial charge in [-0.1, -0.05) is 11.6 Å². The monoisotopic (exact) mass is 317 g/mol. The van der Waals surface area contributed by atoms with E-state index >= 15 is 0 Å². The maximum absolute atomic E-state index is 13.5. The SMILES string of the molecule is CC(C)n1cc(COc2ccc(Cl)cc2)c2ccc(F)cc21. The van der Waals surface area contributed by atoms with Crippen LogP contribution in [0.2, 0.25) is 5.02 Å². The van der Waals surface area contributed by atoms with E-state index in [4.69, 9.17) is 16.3 Å². The van der Waals surface area contributed by atoms with Crippen molar-refractivity contribution in [2.75, 3.05) is 0 Å². The molecular formula is C18H17ClFNO. The van der Waals surface area contributed by atoms with Crippen LogP contribution < -0.4 is 4.74 Å².